The monoisotopic (exact) mass is 413 g/mol. The fourth-order valence-corrected chi connectivity index (χ4v) is 3.71. The van der Waals surface area contributed by atoms with Crippen molar-refractivity contribution in [2.45, 2.75) is 110 Å². The Kier molecular flexibility index (Phi) is 15.7. The van der Waals surface area contributed by atoms with E-state index in [2.05, 4.69) is 13.0 Å². The van der Waals surface area contributed by atoms with Gasteiger partial charge in [0.2, 0.25) is 0 Å². The Hall–Kier alpha value is -1.82. The molecule has 0 amide bonds. The maximum Gasteiger partial charge on any atom is 0.323 e. The van der Waals surface area contributed by atoms with Gasteiger partial charge in [-0.1, -0.05) is 120 Å². The molecule has 3 heteroatoms. The van der Waals surface area contributed by atoms with Crippen molar-refractivity contribution in [3.05, 3.63) is 35.4 Å². The Morgan fingerprint density at radius 1 is 0.833 bits per heavy atom. The van der Waals surface area contributed by atoms with E-state index in [1.165, 1.54) is 82.6 Å². The second kappa shape index (κ2) is 18.0. The van der Waals surface area contributed by atoms with Crippen LogP contribution in [0.3, 0.4) is 0 Å². The van der Waals surface area contributed by atoms with E-state index in [4.69, 9.17) is 4.74 Å². The first-order valence-electron chi connectivity index (χ1n) is 12.3. The molecule has 0 aliphatic rings. The highest BCUT2D eigenvalue weighted by atomic mass is 16.5. The Morgan fingerprint density at radius 2 is 1.30 bits per heavy atom. The van der Waals surface area contributed by atoms with Crippen molar-refractivity contribution in [3.63, 3.8) is 0 Å². The first-order valence-corrected chi connectivity index (χ1v) is 12.3. The number of nitriles is 1. The van der Waals surface area contributed by atoms with E-state index in [1.54, 1.807) is 0 Å². The molecule has 0 bridgehead atoms. The van der Waals surface area contributed by atoms with Gasteiger partial charge in [-0.15, -0.1) is 0 Å². The summed E-state index contributed by atoms with van der Waals surface area (Å²) in [6, 6.07) is 10.0. The topological polar surface area (TPSA) is 50.1 Å². The lowest BCUT2D eigenvalue weighted by Crippen LogP contribution is -2.19. The molecule has 0 saturated carbocycles. The van der Waals surface area contributed by atoms with Crippen LogP contribution in [0.1, 0.15) is 108 Å². The highest BCUT2D eigenvalue weighted by molar-refractivity contribution is 5.75. The Labute approximate surface area is 185 Å². The zero-order chi connectivity index (χ0) is 21.9. The van der Waals surface area contributed by atoms with Crippen molar-refractivity contribution >= 4 is 5.97 Å². The lowest BCUT2D eigenvalue weighted by atomic mass is 10.00. The van der Waals surface area contributed by atoms with Gasteiger partial charge >= 0.3 is 5.97 Å². The lowest BCUT2D eigenvalue weighted by Gasteiger charge is -2.10. The predicted molar refractivity (Wildman–Crippen MR) is 125 cm³/mol. The average molecular weight is 414 g/mol. The SMILES string of the molecule is CCCCCCCCCCCCCCCCOC(=O)C(C#N)Cc1ccc(C)cc1. The molecule has 1 rings (SSSR count). The molecule has 1 aromatic rings. The summed E-state index contributed by atoms with van der Waals surface area (Å²) in [5.74, 6) is -1.09. The van der Waals surface area contributed by atoms with Crippen LogP contribution in [0.2, 0.25) is 0 Å². The number of carbonyl (C=O) groups excluding carboxylic acids is 1. The Morgan fingerprint density at radius 3 is 1.77 bits per heavy atom. The summed E-state index contributed by atoms with van der Waals surface area (Å²) < 4.78 is 5.34. The van der Waals surface area contributed by atoms with Gasteiger partial charge in [-0.05, 0) is 25.3 Å². The van der Waals surface area contributed by atoms with Crippen molar-refractivity contribution in [1.29, 1.82) is 5.26 Å². The van der Waals surface area contributed by atoms with Crippen LogP contribution in [0.4, 0.5) is 0 Å². The van der Waals surface area contributed by atoms with Gasteiger partial charge in [0.25, 0.3) is 0 Å². The summed E-state index contributed by atoms with van der Waals surface area (Å²) in [5.41, 5.74) is 2.17. The number of benzene rings is 1. The van der Waals surface area contributed by atoms with E-state index in [0.717, 1.165) is 18.4 Å². The van der Waals surface area contributed by atoms with Crippen LogP contribution >= 0.6 is 0 Å². The summed E-state index contributed by atoms with van der Waals surface area (Å²) >= 11 is 0. The molecule has 168 valence electrons. The van der Waals surface area contributed by atoms with Gasteiger partial charge in [-0.25, -0.2) is 0 Å². The molecular weight excluding hydrogens is 370 g/mol. The fourth-order valence-electron chi connectivity index (χ4n) is 3.71. The van der Waals surface area contributed by atoms with Crippen LogP contribution in [0, 0.1) is 24.2 Å². The Balaban J connectivity index is 1.95. The van der Waals surface area contributed by atoms with Gasteiger partial charge in [0.15, 0.2) is 0 Å². The number of hydrogen-bond acceptors (Lipinski definition) is 3. The van der Waals surface area contributed by atoms with E-state index in [0.29, 0.717) is 13.0 Å². The van der Waals surface area contributed by atoms with E-state index in [-0.39, 0.29) is 5.97 Å². The molecular formula is C27H43NO2. The summed E-state index contributed by atoms with van der Waals surface area (Å²) in [4.78, 5) is 12.1. The maximum absolute atomic E-state index is 12.1. The number of ether oxygens (including phenoxy) is 1. The third kappa shape index (κ3) is 13.4. The quantitative estimate of drug-likeness (QED) is 0.183. The maximum atomic E-state index is 12.1. The second-order valence-electron chi connectivity index (χ2n) is 8.64. The first-order chi connectivity index (χ1) is 14.7. The van der Waals surface area contributed by atoms with Crippen LogP contribution in [0.5, 0.6) is 0 Å². The molecule has 3 nitrogen and oxygen atoms in total. The van der Waals surface area contributed by atoms with E-state index in [1.807, 2.05) is 31.2 Å². The first kappa shape index (κ1) is 26.2. The van der Waals surface area contributed by atoms with Gasteiger partial charge in [0, 0.05) is 0 Å². The predicted octanol–water partition coefficient (Wildman–Crippen LogP) is 7.70. The molecule has 0 aromatic heterocycles. The number of unbranched alkanes of at least 4 members (excludes halogenated alkanes) is 13. The minimum atomic E-state index is -0.709. The van der Waals surface area contributed by atoms with Gasteiger partial charge < -0.3 is 4.74 Å². The lowest BCUT2D eigenvalue weighted by molar-refractivity contribution is -0.146. The minimum absolute atomic E-state index is 0.382. The van der Waals surface area contributed by atoms with Gasteiger partial charge in [0.1, 0.15) is 5.92 Å². The van der Waals surface area contributed by atoms with Crippen molar-refractivity contribution in [3.8, 4) is 6.07 Å². The largest absolute Gasteiger partial charge is 0.465 e. The normalized spacial score (nSPS) is 11.8. The highest BCUT2D eigenvalue weighted by Gasteiger charge is 2.19. The molecule has 0 radical (unpaired) electrons. The van der Waals surface area contributed by atoms with Crippen LogP contribution in [-0.4, -0.2) is 12.6 Å². The zero-order valence-electron chi connectivity index (χ0n) is 19.5. The van der Waals surface area contributed by atoms with Crippen LogP contribution < -0.4 is 0 Å². The molecule has 1 unspecified atom stereocenters. The number of esters is 1. The third-order valence-electron chi connectivity index (χ3n) is 5.74. The average Bonchev–Trinajstić information content (AvgIpc) is 2.75. The van der Waals surface area contributed by atoms with Crippen molar-refractivity contribution in [2.24, 2.45) is 5.92 Å². The molecule has 0 spiro atoms. The standard InChI is InChI=1S/C27H43NO2/c1-3-4-5-6-7-8-9-10-11-12-13-14-15-16-21-30-27(29)26(23-28)22-25-19-17-24(2)18-20-25/h17-20,26H,3-16,21-22H2,1-2H3. The van der Waals surface area contributed by atoms with Crippen molar-refractivity contribution in [1.82, 2.24) is 0 Å². The number of aryl methyl sites for hydroxylation is 1. The molecule has 0 aliphatic carbocycles. The molecule has 1 aromatic carbocycles. The zero-order valence-corrected chi connectivity index (χ0v) is 19.5. The molecule has 0 heterocycles. The van der Waals surface area contributed by atoms with Gasteiger partial charge in [-0.3, -0.25) is 4.79 Å². The van der Waals surface area contributed by atoms with Crippen LogP contribution in [-0.2, 0) is 16.0 Å². The third-order valence-corrected chi connectivity index (χ3v) is 5.74. The fraction of sp³-hybridized carbons (Fsp3) is 0.704. The summed E-state index contributed by atoms with van der Waals surface area (Å²) in [6.45, 7) is 4.73. The van der Waals surface area contributed by atoms with E-state index < -0.39 is 5.92 Å². The number of nitrogens with zero attached hydrogens (tertiary/aromatic N) is 1. The minimum Gasteiger partial charge on any atom is -0.465 e. The number of carbonyl (C=O) groups is 1. The van der Waals surface area contributed by atoms with E-state index in [9.17, 15) is 10.1 Å². The molecule has 0 aliphatic heterocycles. The summed E-state index contributed by atoms with van der Waals surface area (Å²) in [7, 11) is 0. The van der Waals surface area contributed by atoms with E-state index >= 15 is 0 Å². The number of hydrogen-bond donors (Lipinski definition) is 0. The van der Waals surface area contributed by atoms with Crippen molar-refractivity contribution in [2.75, 3.05) is 6.61 Å². The molecule has 0 fully saturated rings. The number of rotatable bonds is 18. The van der Waals surface area contributed by atoms with Gasteiger partial charge in [0.05, 0.1) is 12.7 Å². The molecule has 0 N–H and O–H groups in total. The van der Waals surface area contributed by atoms with Crippen LogP contribution in [0.25, 0.3) is 0 Å². The summed E-state index contributed by atoms with van der Waals surface area (Å²) in [5, 5.41) is 9.29. The molecule has 30 heavy (non-hydrogen) atoms. The molecule has 1 atom stereocenters. The molecule has 0 saturated heterocycles. The highest BCUT2D eigenvalue weighted by Crippen LogP contribution is 2.14. The summed E-state index contributed by atoms with van der Waals surface area (Å²) in [6.07, 6.45) is 18.7. The smallest absolute Gasteiger partial charge is 0.323 e. The Bertz CT molecular complexity index is 588. The van der Waals surface area contributed by atoms with Crippen LogP contribution in [0.15, 0.2) is 24.3 Å². The second-order valence-corrected chi connectivity index (χ2v) is 8.64. The van der Waals surface area contributed by atoms with Crippen molar-refractivity contribution < 1.29 is 9.53 Å². The van der Waals surface area contributed by atoms with Gasteiger partial charge in [-0.2, -0.15) is 5.26 Å².